The molecule has 0 saturated carbocycles. The van der Waals surface area contributed by atoms with Crippen molar-refractivity contribution in [1.29, 1.82) is 0 Å². The Hall–Kier alpha value is -1.70. The lowest BCUT2D eigenvalue weighted by Gasteiger charge is -2.32. The molecule has 1 aliphatic heterocycles. The van der Waals surface area contributed by atoms with Crippen LogP contribution in [-0.2, 0) is 0 Å². The molecule has 3 aromatic carbocycles. The van der Waals surface area contributed by atoms with Crippen molar-refractivity contribution in [1.82, 2.24) is 0 Å². The van der Waals surface area contributed by atoms with Crippen LogP contribution in [0.3, 0.4) is 0 Å². The van der Waals surface area contributed by atoms with Crippen LogP contribution in [0.15, 0.2) is 71.6 Å². The molecule has 0 bridgehead atoms. The van der Waals surface area contributed by atoms with E-state index in [0.717, 1.165) is 11.4 Å². The van der Waals surface area contributed by atoms with Crippen molar-refractivity contribution in [2.45, 2.75) is 36.3 Å². The smallest absolute Gasteiger partial charge is 0.0406 e. The van der Waals surface area contributed by atoms with Gasteiger partial charge in [0.1, 0.15) is 0 Å². The zero-order valence-electron chi connectivity index (χ0n) is 14.5. The standard InChI is InChI=1S/C23H21ClS/c1-15-3-6-17(7-4-15)20-14-23(18-8-10-19(24)11-9-18)25-22-12-5-16(2)13-21(20)22/h3-13,20,23H,14H2,1-2H3/t20-,23+/m0/s1. The first-order valence-electron chi connectivity index (χ1n) is 8.69. The number of hydrogen-bond acceptors (Lipinski definition) is 1. The third kappa shape index (κ3) is 3.49. The van der Waals surface area contributed by atoms with Crippen molar-refractivity contribution >= 4 is 23.4 Å². The second-order valence-corrected chi connectivity index (χ2v) is 8.58. The number of hydrogen-bond donors (Lipinski definition) is 0. The third-order valence-corrected chi connectivity index (χ3v) is 6.61. The minimum atomic E-state index is 0.442. The summed E-state index contributed by atoms with van der Waals surface area (Å²) in [6, 6.07) is 24.3. The Bertz CT molecular complexity index is 881. The average Bonchev–Trinajstić information content (AvgIpc) is 2.62. The highest BCUT2D eigenvalue weighted by molar-refractivity contribution is 7.99. The number of aryl methyl sites for hydroxylation is 2. The van der Waals surface area contributed by atoms with Crippen molar-refractivity contribution in [2.75, 3.05) is 0 Å². The summed E-state index contributed by atoms with van der Waals surface area (Å²) in [5.41, 5.74) is 6.89. The molecule has 0 spiro atoms. The Labute approximate surface area is 159 Å². The minimum Gasteiger partial charge on any atom is -0.118 e. The monoisotopic (exact) mass is 364 g/mol. The molecule has 2 heteroatoms. The van der Waals surface area contributed by atoms with Crippen LogP contribution in [0.2, 0.25) is 5.02 Å². The Morgan fingerprint density at radius 2 is 1.44 bits per heavy atom. The van der Waals surface area contributed by atoms with E-state index in [-0.39, 0.29) is 0 Å². The molecule has 0 saturated heterocycles. The maximum absolute atomic E-state index is 6.08. The molecule has 0 amide bonds. The highest BCUT2D eigenvalue weighted by Crippen LogP contribution is 2.51. The fourth-order valence-electron chi connectivity index (χ4n) is 3.59. The van der Waals surface area contributed by atoms with Crippen molar-refractivity contribution in [2.24, 2.45) is 0 Å². The fraction of sp³-hybridized carbons (Fsp3) is 0.217. The Balaban J connectivity index is 1.77. The van der Waals surface area contributed by atoms with Crippen LogP contribution >= 0.6 is 23.4 Å². The summed E-state index contributed by atoms with van der Waals surface area (Å²) in [5.74, 6) is 0.442. The van der Waals surface area contributed by atoms with Gasteiger partial charge < -0.3 is 0 Å². The van der Waals surface area contributed by atoms with E-state index in [2.05, 4.69) is 68.4 Å². The largest absolute Gasteiger partial charge is 0.118 e. The van der Waals surface area contributed by atoms with E-state index < -0.39 is 0 Å². The number of benzene rings is 3. The lowest BCUT2D eigenvalue weighted by molar-refractivity contribution is 0.676. The van der Waals surface area contributed by atoms with Crippen LogP contribution in [-0.4, -0.2) is 0 Å². The molecule has 4 rings (SSSR count). The molecule has 0 fully saturated rings. The van der Waals surface area contributed by atoms with E-state index in [9.17, 15) is 0 Å². The van der Waals surface area contributed by atoms with E-state index in [4.69, 9.17) is 11.6 Å². The molecule has 0 radical (unpaired) electrons. The first-order valence-corrected chi connectivity index (χ1v) is 9.95. The minimum absolute atomic E-state index is 0.442. The van der Waals surface area contributed by atoms with Crippen LogP contribution in [0.4, 0.5) is 0 Å². The van der Waals surface area contributed by atoms with Crippen molar-refractivity contribution in [3.63, 3.8) is 0 Å². The van der Waals surface area contributed by atoms with E-state index in [0.29, 0.717) is 11.2 Å². The van der Waals surface area contributed by atoms with E-state index in [1.165, 1.54) is 32.7 Å². The summed E-state index contributed by atoms with van der Waals surface area (Å²) < 4.78 is 0. The Kier molecular flexibility index (Phi) is 4.62. The van der Waals surface area contributed by atoms with Gasteiger partial charge in [-0.2, -0.15) is 0 Å². The highest BCUT2D eigenvalue weighted by Gasteiger charge is 2.29. The SMILES string of the molecule is Cc1ccc([C@@H]2C[C@H](c3ccc(Cl)cc3)Sc3ccc(C)cc32)cc1. The van der Waals surface area contributed by atoms with Gasteiger partial charge in [-0.05, 0) is 55.2 Å². The molecule has 1 aliphatic rings. The molecule has 0 N–H and O–H groups in total. The van der Waals surface area contributed by atoms with Crippen LogP contribution < -0.4 is 0 Å². The summed E-state index contributed by atoms with van der Waals surface area (Å²) in [7, 11) is 0. The maximum Gasteiger partial charge on any atom is 0.0406 e. The highest BCUT2D eigenvalue weighted by atomic mass is 35.5. The Morgan fingerprint density at radius 1 is 0.800 bits per heavy atom. The summed E-state index contributed by atoms with van der Waals surface area (Å²) in [6.45, 7) is 4.33. The van der Waals surface area contributed by atoms with Gasteiger partial charge in [0.15, 0.2) is 0 Å². The maximum atomic E-state index is 6.08. The van der Waals surface area contributed by atoms with Gasteiger partial charge in [0.05, 0.1) is 0 Å². The number of halogens is 1. The van der Waals surface area contributed by atoms with Gasteiger partial charge in [-0.15, -0.1) is 11.8 Å². The number of rotatable bonds is 2. The Morgan fingerprint density at radius 3 is 2.16 bits per heavy atom. The fourth-order valence-corrected chi connectivity index (χ4v) is 5.08. The summed E-state index contributed by atoms with van der Waals surface area (Å²) in [6.07, 6.45) is 1.12. The van der Waals surface area contributed by atoms with E-state index in [1.807, 2.05) is 23.9 Å². The lowest BCUT2D eigenvalue weighted by atomic mass is 9.84. The van der Waals surface area contributed by atoms with Gasteiger partial charge in [0.25, 0.3) is 0 Å². The van der Waals surface area contributed by atoms with Crippen LogP contribution in [0, 0.1) is 13.8 Å². The van der Waals surface area contributed by atoms with Gasteiger partial charge in [0, 0.05) is 21.1 Å². The van der Waals surface area contributed by atoms with Gasteiger partial charge in [0.2, 0.25) is 0 Å². The lowest BCUT2D eigenvalue weighted by Crippen LogP contribution is -2.12. The molecule has 2 atom stereocenters. The van der Waals surface area contributed by atoms with Crippen LogP contribution in [0.5, 0.6) is 0 Å². The number of thioether (sulfide) groups is 1. The molecule has 126 valence electrons. The average molecular weight is 365 g/mol. The van der Waals surface area contributed by atoms with Gasteiger partial charge >= 0.3 is 0 Å². The topological polar surface area (TPSA) is 0 Å². The first-order chi connectivity index (χ1) is 12.1. The second kappa shape index (κ2) is 6.90. The predicted molar refractivity (Wildman–Crippen MR) is 109 cm³/mol. The van der Waals surface area contributed by atoms with Gasteiger partial charge in [-0.3, -0.25) is 0 Å². The summed E-state index contributed by atoms with van der Waals surface area (Å²) in [5, 5.41) is 1.26. The number of fused-ring (bicyclic) bond motifs is 1. The van der Waals surface area contributed by atoms with Crippen molar-refractivity contribution in [3.05, 3.63) is 99.6 Å². The molecule has 0 aliphatic carbocycles. The summed E-state index contributed by atoms with van der Waals surface area (Å²) in [4.78, 5) is 1.40. The van der Waals surface area contributed by atoms with Crippen LogP contribution in [0.25, 0.3) is 0 Å². The molecule has 3 aromatic rings. The van der Waals surface area contributed by atoms with E-state index >= 15 is 0 Å². The molecule has 25 heavy (non-hydrogen) atoms. The zero-order valence-corrected chi connectivity index (χ0v) is 16.1. The molecular formula is C23H21ClS. The normalized spacial score (nSPS) is 19.5. The van der Waals surface area contributed by atoms with Gasteiger partial charge in [-0.25, -0.2) is 0 Å². The molecule has 0 unspecified atom stereocenters. The van der Waals surface area contributed by atoms with Crippen molar-refractivity contribution < 1.29 is 0 Å². The molecule has 0 aromatic heterocycles. The first kappa shape index (κ1) is 16.8. The second-order valence-electron chi connectivity index (χ2n) is 6.90. The molecule has 0 nitrogen and oxygen atoms in total. The third-order valence-electron chi connectivity index (χ3n) is 4.98. The van der Waals surface area contributed by atoms with Crippen molar-refractivity contribution in [3.8, 4) is 0 Å². The molecule has 1 heterocycles. The van der Waals surface area contributed by atoms with E-state index in [1.54, 1.807) is 0 Å². The quantitative estimate of drug-likeness (QED) is 0.458. The summed E-state index contributed by atoms with van der Waals surface area (Å²) >= 11 is 8.06. The zero-order chi connectivity index (χ0) is 17.4. The van der Waals surface area contributed by atoms with Crippen LogP contribution in [0.1, 0.15) is 45.4 Å². The predicted octanol–water partition coefficient (Wildman–Crippen LogP) is 7.33. The van der Waals surface area contributed by atoms with Gasteiger partial charge in [-0.1, -0.05) is 71.3 Å². The molecular weight excluding hydrogens is 344 g/mol.